The highest BCUT2D eigenvalue weighted by Crippen LogP contribution is 2.37. The number of carbonyl (C=O) groups excluding carboxylic acids is 2. The van der Waals surface area contributed by atoms with Gasteiger partial charge in [0.15, 0.2) is 0 Å². The zero-order chi connectivity index (χ0) is 10.8. The van der Waals surface area contributed by atoms with E-state index in [0.717, 1.165) is 12.8 Å². The summed E-state index contributed by atoms with van der Waals surface area (Å²) in [5.41, 5.74) is 4.98. The molecule has 1 fully saturated rings. The fourth-order valence-corrected chi connectivity index (χ4v) is 1.28. The summed E-state index contributed by atoms with van der Waals surface area (Å²) in [6.45, 7) is 1.58. The van der Waals surface area contributed by atoms with Crippen molar-refractivity contribution in [2.45, 2.75) is 25.3 Å². The van der Waals surface area contributed by atoms with Crippen molar-refractivity contribution in [3.63, 3.8) is 0 Å². The van der Waals surface area contributed by atoms with Crippen LogP contribution in [0.1, 0.15) is 19.8 Å². The number of rotatable bonds is 4. The summed E-state index contributed by atoms with van der Waals surface area (Å²) in [5, 5.41) is 2.46. The molecule has 1 rings (SSSR count). The Morgan fingerprint density at radius 3 is 2.57 bits per heavy atom. The van der Waals surface area contributed by atoms with Crippen molar-refractivity contribution < 1.29 is 14.3 Å². The molecule has 80 valence electrons. The molecule has 14 heavy (non-hydrogen) atoms. The van der Waals surface area contributed by atoms with E-state index >= 15 is 0 Å². The zero-order valence-electron chi connectivity index (χ0n) is 8.50. The number of methoxy groups -OCH3 is 1. The Kier molecular flexibility index (Phi) is 3.10. The van der Waals surface area contributed by atoms with Gasteiger partial charge in [-0.05, 0) is 25.7 Å². The predicted molar refractivity (Wildman–Crippen MR) is 50.3 cm³/mol. The van der Waals surface area contributed by atoms with E-state index in [1.165, 1.54) is 7.11 Å². The molecule has 0 spiro atoms. The zero-order valence-corrected chi connectivity index (χ0v) is 8.50. The van der Waals surface area contributed by atoms with Crippen LogP contribution in [0, 0.1) is 5.92 Å². The maximum Gasteiger partial charge on any atom is 0.325 e. The van der Waals surface area contributed by atoms with Gasteiger partial charge in [-0.2, -0.15) is 0 Å². The molecular formula is C9H16N2O3. The highest BCUT2D eigenvalue weighted by Gasteiger charge is 2.43. The van der Waals surface area contributed by atoms with Crippen LogP contribution < -0.4 is 11.1 Å². The van der Waals surface area contributed by atoms with Gasteiger partial charge in [0.05, 0.1) is 12.6 Å². The van der Waals surface area contributed by atoms with Crippen molar-refractivity contribution in [2.24, 2.45) is 11.7 Å². The number of nitrogens with two attached hydrogens (primary N) is 1. The highest BCUT2D eigenvalue weighted by atomic mass is 16.5. The third-order valence-electron chi connectivity index (χ3n) is 2.54. The van der Waals surface area contributed by atoms with E-state index in [4.69, 9.17) is 5.73 Å². The lowest BCUT2D eigenvalue weighted by Crippen LogP contribution is -2.54. The second kappa shape index (κ2) is 3.96. The minimum absolute atomic E-state index is 0.116. The fourth-order valence-electron chi connectivity index (χ4n) is 1.28. The maximum atomic E-state index is 11.5. The number of nitrogens with one attached hydrogen (secondary N) is 1. The first-order valence-corrected chi connectivity index (χ1v) is 4.62. The van der Waals surface area contributed by atoms with Crippen molar-refractivity contribution in [3.8, 4) is 0 Å². The Morgan fingerprint density at radius 1 is 1.57 bits per heavy atom. The molecule has 5 heteroatoms. The average molecular weight is 200 g/mol. The van der Waals surface area contributed by atoms with Crippen molar-refractivity contribution in [1.29, 1.82) is 0 Å². The lowest BCUT2D eigenvalue weighted by atomic mass is 9.96. The lowest BCUT2D eigenvalue weighted by molar-refractivity contribution is -0.141. The van der Waals surface area contributed by atoms with Crippen LogP contribution in [0.3, 0.4) is 0 Å². The molecule has 3 N–H and O–H groups in total. The van der Waals surface area contributed by atoms with E-state index in [1.54, 1.807) is 6.92 Å². The standard InChI is InChI=1S/C9H16N2O3/c1-9(10,6-3-4-6)8(13)11-5-7(12)14-2/h6H,3-5,10H2,1-2H3,(H,11,13). The normalized spacial score (nSPS) is 19.6. The minimum atomic E-state index is -0.853. The van der Waals surface area contributed by atoms with Crippen LogP contribution in [-0.4, -0.2) is 31.1 Å². The van der Waals surface area contributed by atoms with Gasteiger partial charge in [0, 0.05) is 0 Å². The van der Waals surface area contributed by atoms with Crippen molar-refractivity contribution >= 4 is 11.9 Å². The lowest BCUT2D eigenvalue weighted by Gasteiger charge is -2.22. The molecule has 5 nitrogen and oxygen atoms in total. The molecule has 1 aliphatic rings. The Morgan fingerprint density at radius 2 is 2.14 bits per heavy atom. The highest BCUT2D eigenvalue weighted by molar-refractivity contribution is 5.89. The number of ether oxygens (including phenoxy) is 1. The number of esters is 1. The smallest absolute Gasteiger partial charge is 0.325 e. The topological polar surface area (TPSA) is 81.4 Å². The van der Waals surface area contributed by atoms with Gasteiger partial charge in [0.1, 0.15) is 6.54 Å². The van der Waals surface area contributed by atoms with Crippen molar-refractivity contribution in [1.82, 2.24) is 5.32 Å². The first kappa shape index (κ1) is 11.0. The summed E-state index contributed by atoms with van der Waals surface area (Å²) in [7, 11) is 1.27. The monoisotopic (exact) mass is 200 g/mol. The molecule has 0 saturated heterocycles. The number of hydrogen-bond acceptors (Lipinski definition) is 4. The van der Waals surface area contributed by atoms with Crippen LogP contribution in [0.4, 0.5) is 0 Å². The molecular weight excluding hydrogens is 184 g/mol. The maximum absolute atomic E-state index is 11.5. The molecule has 0 bridgehead atoms. The first-order valence-electron chi connectivity index (χ1n) is 4.62. The number of amides is 1. The molecule has 0 heterocycles. The molecule has 0 aliphatic heterocycles. The second-order valence-corrected chi connectivity index (χ2v) is 3.82. The van der Waals surface area contributed by atoms with Gasteiger partial charge in [-0.3, -0.25) is 9.59 Å². The molecule has 1 saturated carbocycles. The van der Waals surface area contributed by atoms with Gasteiger partial charge in [0.25, 0.3) is 0 Å². The molecule has 0 aromatic heterocycles. The molecule has 0 aromatic carbocycles. The average Bonchev–Trinajstić information content (AvgIpc) is 2.96. The number of hydrogen-bond donors (Lipinski definition) is 2. The van der Waals surface area contributed by atoms with Crippen molar-refractivity contribution in [3.05, 3.63) is 0 Å². The van der Waals surface area contributed by atoms with Gasteiger partial charge in [-0.15, -0.1) is 0 Å². The fraction of sp³-hybridized carbons (Fsp3) is 0.778. The third-order valence-corrected chi connectivity index (χ3v) is 2.54. The SMILES string of the molecule is COC(=O)CNC(=O)C(C)(N)C1CC1. The van der Waals surface area contributed by atoms with E-state index in [2.05, 4.69) is 10.1 Å². The van der Waals surface area contributed by atoms with E-state index in [1.807, 2.05) is 0 Å². The van der Waals surface area contributed by atoms with E-state index in [0.29, 0.717) is 0 Å². The molecule has 1 aliphatic carbocycles. The van der Waals surface area contributed by atoms with Gasteiger partial charge >= 0.3 is 5.97 Å². The van der Waals surface area contributed by atoms with Gasteiger partial charge in [-0.1, -0.05) is 0 Å². The van der Waals surface area contributed by atoms with E-state index < -0.39 is 11.5 Å². The second-order valence-electron chi connectivity index (χ2n) is 3.82. The summed E-state index contributed by atoms with van der Waals surface area (Å²) in [4.78, 5) is 22.3. The molecule has 1 atom stereocenters. The van der Waals surface area contributed by atoms with Crippen LogP contribution in [0.2, 0.25) is 0 Å². The molecule has 0 radical (unpaired) electrons. The van der Waals surface area contributed by atoms with Crippen LogP contribution in [0.5, 0.6) is 0 Å². The Hall–Kier alpha value is -1.10. The molecule has 0 aromatic rings. The summed E-state index contributed by atoms with van der Waals surface area (Å²) in [6, 6.07) is 0. The Labute approximate surface area is 83.0 Å². The van der Waals surface area contributed by atoms with Gasteiger partial charge in [0.2, 0.25) is 5.91 Å². The molecule has 1 unspecified atom stereocenters. The Bertz CT molecular complexity index is 246. The largest absolute Gasteiger partial charge is 0.468 e. The van der Waals surface area contributed by atoms with Crippen LogP contribution >= 0.6 is 0 Å². The van der Waals surface area contributed by atoms with E-state index in [9.17, 15) is 9.59 Å². The van der Waals surface area contributed by atoms with Gasteiger partial charge in [-0.25, -0.2) is 0 Å². The number of carbonyl (C=O) groups is 2. The van der Waals surface area contributed by atoms with Crippen LogP contribution in [0.15, 0.2) is 0 Å². The summed E-state index contributed by atoms with van der Waals surface area (Å²) < 4.78 is 4.39. The predicted octanol–water partition coefficient (Wildman–Crippen LogP) is -0.597. The Balaban J connectivity index is 2.37. The summed E-state index contributed by atoms with van der Waals surface area (Å²) in [6.07, 6.45) is 1.97. The van der Waals surface area contributed by atoms with Gasteiger partial charge < -0.3 is 15.8 Å². The van der Waals surface area contributed by atoms with E-state index in [-0.39, 0.29) is 18.4 Å². The van der Waals surface area contributed by atoms with Crippen LogP contribution in [-0.2, 0) is 14.3 Å². The minimum Gasteiger partial charge on any atom is -0.468 e. The summed E-state index contributed by atoms with van der Waals surface area (Å²) in [5.74, 6) is -0.504. The summed E-state index contributed by atoms with van der Waals surface area (Å²) >= 11 is 0. The van der Waals surface area contributed by atoms with Crippen molar-refractivity contribution in [2.75, 3.05) is 13.7 Å². The van der Waals surface area contributed by atoms with Crippen LogP contribution in [0.25, 0.3) is 0 Å². The first-order chi connectivity index (χ1) is 6.48. The molecule has 1 amide bonds. The quantitative estimate of drug-likeness (QED) is 0.594. The third kappa shape index (κ3) is 2.45.